The molecule has 2 aliphatic rings. The third-order valence-electron chi connectivity index (χ3n) is 3.02. The molecule has 2 rings (SSSR count). The molecule has 1 fully saturated rings. The largest absolute Gasteiger partial charge is 0.0851 e. The lowest BCUT2D eigenvalue weighted by Crippen LogP contribution is -2.15. The van der Waals surface area contributed by atoms with Gasteiger partial charge < -0.3 is 0 Å². The second kappa shape index (κ2) is 2.23. The molecule has 1 saturated carbocycles. The molecule has 2 aliphatic carbocycles. The highest BCUT2D eigenvalue weighted by Crippen LogP contribution is 2.48. The van der Waals surface area contributed by atoms with Gasteiger partial charge in [0.25, 0.3) is 0 Å². The summed E-state index contributed by atoms with van der Waals surface area (Å²) in [6.07, 6.45) is 7.91. The molecule has 0 spiro atoms. The molecule has 1 heteroatoms. The van der Waals surface area contributed by atoms with Crippen molar-refractivity contribution in [3.63, 3.8) is 0 Å². The Morgan fingerprint density at radius 1 is 1.20 bits per heavy atom. The molecular weight excluding hydrogens is 136 g/mol. The lowest BCUT2D eigenvalue weighted by atomic mass is 10.1. The van der Waals surface area contributed by atoms with Crippen molar-refractivity contribution in [2.45, 2.75) is 31.5 Å². The zero-order valence-electron chi connectivity index (χ0n) is 6.80. The van der Waals surface area contributed by atoms with E-state index in [-0.39, 0.29) is 8.80 Å². The van der Waals surface area contributed by atoms with E-state index < -0.39 is 0 Å². The van der Waals surface area contributed by atoms with Crippen LogP contribution in [-0.4, -0.2) is 8.80 Å². The molecule has 0 N–H and O–H groups in total. The van der Waals surface area contributed by atoms with Crippen LogP contribution in [0, 0.1) is 11.8 Å². The van der Waals surface area contributed by atoms with Gasteiger partial charge in [-0.05, 0) is 30.2 Å². The summed E-state index contributed by atoms with van der Waals surface area (Å²) in [6, 6.07) is 0. The van der Waals surface area contributed by atoms with Gasteiger partial charge >= 0.3 is 0 Å². The summed E-state index contributed by atoms with van der Waals surface area (Å²) in [5, 5.41) is 0. The molecule has 0 nitrogen and oxygen atoms in total. The van der Waals surface area contributed by atoms with Gasteiger partial charge in [-0.25, -0.2) is 0 Å². The van der Waals surface area contributed by atoms with Crippen LogP contribution in [0.3, 0.4) is 0 Å². The lowest BCUT2D eigenvalue weighted by Gasteiger charge is -2.20. The summed E-state index contributed by atoms with van der Waals surface area (Å²) >= 11 is 0. The van der Waals surface area contributed by atoms with Crippen LogP contribution in [0.2, 0.25) is 18.6 Å². The van der Waals surface area contributed by atoms with Crippen molar-refractivity contribution in [2.24, 2.45) is 11.8 Å². The second-order valence-electron chi connectivity index (χ2n) is 3.96. The molecule has 1 radical (unpaired) electrons. The molecule has 0 heterocycles. The Hall–Kier alpha value is -0.0431. The summed E-state index contributed by atoms with van der Waals surface area (Å²) in [6.45, 7) is 4.92. The second-order valence-corrected chi connectivity index (χ2v) is 6.86. The van der Waals surface area contributed by atoms with Gasteiger partial charge in [0.2, 0.25) is 0 Å². The van der Waals surface area contributed by atoms with Crippen molar-refractivity contribution in [3.8, 4) is 0 Å². The van der Waals surface area contributed by atoms with E-state index in [4.69, 9.17) is 0 Å². The summed E-state index contributed by atoms with van der Waals surface area (Å²) < 4.78 is 0. The average Bonchev–Trinajstić information content (AvgIpc) is 2.44. The molecule has 0 saturated heterocycles. The van der Waals surface area contributed by atoms with Gasteiger partial charge in [0, 0.05) is 8.80 Å². The van der Waals surface area contributed by atoms with Gasteiger partial charge in [0.1, 0.15) is 0 Å². The Morgan fingerprint density at radius 3 is 2.30 bits per heavy atom. The van der Waals surface area contributed by atoms with Crippen LogP contribution in [0.25, 0.3) is 0 Å². The van der Waals surface area contributed by atoms with E-state index in [0.717, 1.165) is 17.4 Å². The Morgan fingerprint density at radius 2 is 2.00 bits per heavy atom. The predicted octanol–water partition coefficient (Wildman–Crippen LogP) is 2.71. The van der Waals surface area contributed by atoms with Crippen molar-refractivity contribution >= 4 is 8.80 Å². The fraction of sp³-hybridized carbons (Fsp3) is 0.778. The first-order valence-corrected chi connectivity index (χ1v) is 6.83. The van der Waals surface area contributed by atoms with Crippen LogP contribution in [-0.2, 0) is 0 Å². The molecule has 0 aromatic carbocycles. The number of allylic oxidation sites excluding steroid dienone is 2. The topological polar surface area (TPSA) is 0 Å². The molecule has 10 heavy (non-hydrogen) atoms. The fourth-order valence-electron chi connectivity index (χ4n) is 2.44. The van der Waals surface area contributed by atoms with Crippen LogP contribution < -0.4 is 0 Å². The zero-order chi connectivity index (χ0) is 7.14. The van der Waals surface area contributed by atoms with Gasteiger partial charge in [-0.1, -0.05) is 25.2 Å². The maximum absolute atomic E-state index is 2.47. The van der Waals surface area contributed by atoms with E-state index in [1.807, 2.05) is 0 Å². The minimum absolute atomic E-state index is 0.00655. The first-order valence-electron chi connectivity index (χ1n) is 4.26. The maximum Gasteiger partial charge on any atom is 0.0452 e. The molecule has 2 bridgehead atoms. The van der Waals surface area contributed by atoms with Crippen molar-refractivity contribution in [2.75, 3.05) is 0 Å². The third kappa shape index (κ3) is 0.877. The first kappa shape index (κ1) is 6.65. The SMILES string of the molecule is C[Si](C)C1CC2C=CC1C2. The van der Waals surface area contributed by atoms with E-state index in [1.165, 1.54) is 12.8 Å². The summed E-state index contributed by atoms with van der Waals surface area (Å²) in [5.41, 5.74) is 1.11. The summed E-state index contributed by atoms with van der Waals surface area (Å²) in [7, 11) is 0.00655. The van der Waals surface area contributed by atoms with Crippen molar-refractivity contribution in [1.29, 1.82) is 0 Å². The first-order chi connectivity index (χ1) is 4.77. The minimum Gasteiger partial charge on any atom is -0.0851 e. The molecule has 3 unspecified atom stereocenters. The number of fused-ring (bicyclic) bond motifs is 2. The van der Waals surface area contributed by atoms with Gasteiger partial charge in [-0.3, -0.25) is 0 Å². The highest BCUT2D eigenvalue weighted by atomic mass is 28.3. The van der Waals surface area contributed by atoms with Crippen LogP contribution >= 0.6 is 0 Å². The monoisotopic (exact) mass is 151 g/mol. The van der Waals surface area contributed by atoms with Crippen molar-refractivity contribution in [1.82, 2.24) is 0 Å². The Labute approximate surface area is 64.9 Å². The third-order valence-corrected chi connectivity index (χ3v) is 5.17. The molecule has 0 aliphatic heterocycles. The van der Waals surface area contributed by atoms with Crippen LogP contribution in [0.15, 0.2) is 12.2 Å². The highest BCUT2D eigenvalue weighted by Gasteiger charge is 2.37. The molecule has 55 valence electrons. The van der Waals surface area contributed by atoms with E-state index in [0.29, 0.717) is 0 Å². The maximum atomic E-state index is 2.47. The minimum atomic E-state index is 0.00655. The zero-order valence-corrected chi connectivity index (χ0v) is 7.80. The Kier molecular flexibility index (Phi) is 1.48. The average molecular weight is 151 g/mol. The van der Waals surface area contributed by atoms with Crippen LogP contribution in [0.4, 0.5) is 0 Å². The molecular formula is C9H15Si. The van der Waals surface area contributed by atoms with Gasteiger partial charge in [0.05, 0.1) is 0 Å². The number of hydrogen-bond donors (Lipinski definition) is 0. The van der Waals surface area contributed by atoms with Gasteiger partial charge in [-0.2, -0.15) is 0 Å². The normalized spacial score (nSPS) is 43.7. The lowest BCUT2D eigenvalue weighted by molar-refractivity contribution is 0.684. The van der Waals surface area contributed by atoms with E-state index >= 15 is 0 Å². The van der Waals surface area contributed by atoms with Crippen LogP contribution in [0.1, 0.15) is 12.8 Å². The van der Waals surface area contributed by atoms with E-state index in [9.17, 15) is 0 Å². The fourth-order valence-corrected chi connectivity index (χ4v) is 4.32. The van der Waals surface area contributed by atoms with Gasteiger partial charge in [0.15, 0.2) is 0 Å². The molecule has 0 amide bonds. The van der Waals surface area contributed by atoms with Gasteiger partial charge in [-0.15, -0.1) is 0 Å². The summed E-state index contributed by atoms with van der Waals surface area (Å²) in [5.74, 6) is 1.98. The number of hydrogen-bond acceptors (Lipinski definition) is 0. The standard InChI is InChI=1S/C9H15Si/c1-10(2)9-6-7-3-4-8(9)5-7/h3-4,7-9H,5-6H2,1-2H3. The Bertz CT molecular complexity index is 160. The quantitative estimate of drug-likeness (QED) is 0.399. The molecule has 3 atom stereocenters. The number of rotatable bonds is 1. The Balaban J connectivity index is 2.09. The van der Waals surface area contributed by atoms with E-state index in [1.54, 1.807) is 0 Å². The van der Waals surface area contributed by atoms with Crippen molar-refractivity contribution < 1.29 is 0 Å². The summed E-state index contributed by atoms with van der Waals surface area (Å²) in [4.78, 5) is 0. The van der Waals surface area contributed by atoms with Crippen LogP contribution in [0.5, 0.6) is 0 Å². The smallest absolute Gasteiger partial charge is 0.0452 e. The predicted molar refractivity (Wildman–Crippen MR) is 46.6 cm³/mol. The molecule has 0 aromatic heterocycles. The molecule has 0 aromatic rings. The van der Waals surface area contributed by atoms with E-state index in [2.05, 4.69) is 25.2 Å². The van der Waals surface area contributed by atoms with Crippen molar-refractivity contribution in [3.05, 3.63) is 12.2 Å². The highest BCUT2D eigenvalue weighted by molar-refractivity contribution is 6.57.